The first-order valence-corrected chi connectivity index (χ1v) is 41.1. The summed E-state index contributed by atoms with van der Waals surface area (Å²) in [7, 11) is -4.53. The molecule has 42 heteroatoms. The molecule has 634 valence electrons. The SMILES string of the molecule is CC(C)(C)C[C@H]1O[C@@H](n2ccc(N)nc2=O)C(O)[C@H]1OC(C)(C)C.CC(C)(C)C[C@H]1O[C@@H](n2cnc3c(=O)[nH]c(N)nc32)C(O)[C@H]1OC(C)(C)C.CC(C)(C)C[C@H]1O[C@@H](n2cnc3c(=O)[nH]c(N)nc32)C(O)[C@H]1OP(=O)(O)OC(C)(C)C.CC(C)(C)C[C@H]1O[C@@H](n2cnc3c(=O)[nH]c(N)nc32)C(O)[C@H]1OP(O)(=S)OC(C)(C)C. The lowest BCUT2D eigenvalue weighted by atomic mass is 9.87. The molecule has 0 bridgehead atoms. The topological polar surface area (TPSA) is 560 Å². The fraction of sp³-hybridized carbons (Fsp3) is 0.732. The van der Waals surface area contributed by atoms with Gasteiger partial charge in [-0.3, -0.25) is 61.2 Å². The summed E-state index contributed by atoms with van der Waals surface area (Å²) in [6.07, 6.45) is -5.57. The Labute approximate surface area is 659 Å². The highest BCUT2D eigenvalue weighted by Crippen LogP contribution is 2.54. The van der Waals surface area contributed by atoms with Crippen LogP contribution in [0.5, 0.6) is 0 Å². The number of nitrogens with zero attached hydrogens (tertiary/aromatic N) is 11. The number of nitrogens with one attached hydrogen (secondary N) is 3. The Hall–Kier alpha value is -6.63. The molecule has 39 nitrogen and oxygen atoms in total. The molecule has 6 unspecified atom stereocenters. The van der Waals surface area contributed by atoms with Crippen LogP contribution in [-0.4, -0.2) is 194 Å². The summed E-state index contributed by atoms with van der Waals surface area (Å²) in [5.74, 6) is -0.0904. The third-order valence-corrected chi connectivity index (χ3v) is 20.1. The third-order valence-electron chi connectivity index (χ3n) is 17.1. The van der Waals surface area contributed by atoms with Gasteiger partial charge in [-0.1, -0.05) is 83.1 Å². The Balaban J connectivity index is 0.000000190. The molecule has 113 heavy (non-hydrogen) atoms. The maximum atomic E-state index is 12.6. The van der Waals surface area contributed by atoms with E-state index in [1.807, 2.05) is 83.1 Å². The van der Waals surface area contributed by atoms with Crippen molar-refractivity contribution in [2.24, 2.45) is 21.7 Å². The first-order valence-electron chi connectivity index (χ1n) is 37.0. The maximum Gasteiger partial charge on any atom is 0.473 e. The van der Waals surface area contributed by atoms with Crippen molar-refractivity contribution in [3.8, 4) is 0 Å². The summed E-state index contributed by atoms with van der Waals surface area (Å²) in [4.78, 5) is 105. The van der Waals surface area contributed by atoms with Crippen molar-refractivity contribution in [3.63, 3.8) is 0 Å². The Morgan fingerprint density at radius 1 is 0.434 bits per heavy atom. The highest BCUT2D eigenvalue weighted by Gasteiger charge is 2.54. The number of anilines is 4. The number of nitrogens with two attached hydrogens (primary N) is 4. The van der Waals surface area contributed by atoms with Crippen LogP contribution in [0.25, 0.3) is 33.5 Å². The Bertz CT molecular complexity index is 4630. The van der Waals surface area contributed by atoms with E-state index >= 15 is 0 Å². The standard InChI is InChI=1S/C18H30N5O7P.C18H30N5O6PS.C18H29N5O4.C17H29N3O4/c1-17(2,3)7-9-12(29-31(26,27)30-18(4,5)6)11(24)15(28-9)23-8-20-10-13(23)21-16(19)22-14(10)25;1-17(2,3)7-9-12(28-30(26,31)29-18(4,5)6)11(24)15(27-9)23-8-20-10-13(23)21-16(19)22-14(10)25;1-17(2,3)7-9-12(27-18(4,5)6)11(24)15(26-9)23-8-20-10-13(23)21-16(19)22-14(10)25;1-16(2,3)9-10-13(24-17(4,5)6)12(21)14(23-10)20-8-7-11(18)19-15(20)22/h8-9,11-12,15,24H,7H2,1-6H3,(H,26,27)(H3,19,21,22,25);8-9,11-12,15,24H,7H2,1-6H3,(H,26,31)(H3,19,21,22,25);8-9,11-12,15,24H,7H2,1-6H3,(H3,19,21,22,25);7-8,10,12-14,21H,9H2,1-6H3,(H2,18,19,22)/t9-,11?,12+,15-;9-,11?,12+,15-,30?;9-,11?,12+,15-;10-,12?,13+,14-/m1111/s1. The molecule has 0 radical (unpaired) electrons. The quantitative estimate of drug-likeness (QED) is 0.0442. The number of aromatic nitrogens is 14. The highest BCUT2D eigenvalue weighted by molar-refractivity contribution is 8.07. The lowest BCUT2D eigenvalue weighted by molar-refractivity contribution is -0.117. The predicted molar refractivity (Wildman–Crippen MR) is 424 cm³/mol. The van der Waals surface area contributed by atoms with E-state index in [1.54, 1.807) is 46.1 Å². The molecule has 17 N–H and O–H groups in total. The molecule has 11 rings (SSSR count). The Morgan fingerprint density at radius 2 is 0.717 bits per heavy atom. The van der Waals surface area contributed by atoms with Gasteiger partial charge in [-0.25, -0.2) is 24.3 Å². The van der Waals surface area contributed by atoms with Crippen LogP contribution in [0.1, 0.15) is 217 Å². The molecule has 0 amide bonds. The second-order valence-electron chi connectivity index (χ2n) is 37.5. The van der Waals surface area contributed by atoms with Crippen molar-refractivity contribution in [1.82, 2.24) is 68.1 Å². The van der Waals surface area contributed by atoms with Crippen LogP contribution in [0.3, 0.4) is 0 Å². The van der Waals surface area contributed by atoms with Gasteiger partial charge in [0.1, 0.15) is 54.6 Å². The molecule has 0 spiro atoms. The van der Waals surface area contributed by atoms with Crippen LogP contribution < -0.4 is 45.3 Å². The number of rotatable bonds is 16. The third kappa shape index (κ3) is 24.7. The van der Waals surface area contributed by atoms with Crippen molar-refractivity contribution >= 4 is 83.5 Å². The molecule has 0 saturated carbocycles. The predicted octanol–water partition coefficient (Wildman–Crippen LogP) is 6.79. The van der Waals surface area contributed by atoms with Gasteiger partial charge in [0.15, 0.2) is 58.4 Å². The summed E-state index contributed by atoms with van der Waals surface area (Å²) < 4.78 is 76.6. The number of hydrogen-bond acceptors (Lipinski definition) is 31. The second-order valence-corrected chi connectivity index (χ2v) is 41.6. The van der Waals surface area contributed by atoms with Crippen molar-refractivity contribution in [2.45, 2.75) is 312 Å². The average Bonchev–Trinajstić information content (AvgIpc) is 1.62. The number of imidazole rings is 3. The van der Waals surface area contributed by atoms with E-state index < -0.39 is 145 Å². The summed E-state index contributed by atoms with van der Waals surface area (Å²) >= 11 is 5.19. The molecule has 4 aliphatic heterocycles. The minimum atomic E-state index is -4.53. The van der Waals surface area contributed by atoms with E-state index in [4.69, 9.17) is 81.3 Å². The number of aliphatic hydroxyl groups excluding tert-OH is 4. The van der Waals surface area contributed by atoms with Gasteiger partial charge in [0, 0.05) is 6.20 Å². The van der Waals surface area contributed by atoms with Gasteiger partial charge >= 0.3 is 20.2 Å². The van der Waals surface area contributed by atoms with E-state index in [-0.39, 0.29) is 91.0 Å². The number of phosphoric ester groups is 1. The van der Waals surface area contributed by atoms with Gasteiger partial charge < -0.3 is 86.1 Å². The zero-order valence-corrected chi connectivity index (χ0v) is 71.4. The summed E-state index contributed by atoms with van der Waals surface area (Å²) in [5.41, 5.74) is 18.2. The van der Waals surface area contributed by atoms with Crippen molar-refractivity contribution in [3.05, 3.63) is 72.8 Å². The molecule has 18 atom stereocenters. The number of ether oxygens (including phenoxy) is 6. The lowest BCUT2D eigenvalue weighted by Crippen LogP contribution is -2.42. The van der Waals surface area contributed by atoms with E-state index in [0.717, 1.165) is 0 Å². The number of phosphoric acid groups is 1. The van der Waals surface area contributed by atoms with E-state index in [0.29, 0.717) is 25.7 Å². The molecular weight excluding hydrogens is 1530 g/mol. The van der Waals surface area contributed by atoms with Gasteiger partial charge in [-0.05, 0) is 148 Å². The molecule has 4 fully saturated rings. The molecule has 11 heterocycles. The van der Waals surface area contributed by atoms with Crippen LogP contribution in [-0.2, 0) is 62.9 Å². The molecule has 4 aliphatic rings. The van der Waals surface area contributed by atoms with Crippen molar-refractivity contribution in [2.75, 3.05) is 22.9 Å². The number of nitrogen functional groups attached to an aromatic ring is 4. The zero-order valence-electron chi connectivity index (χ0n) is 68.8. The first kappa shape index (κ1) is 91.9. The summed E-state index contributed by atoms with van der Waals surface area (Å²) in [6, 6.07) is 1.51. The van der Waals surface area contributed by atoms with E-state index in [9.17, 15) is 54.0 Å². The van der Waals surface area contributed by atoms with Gasteiger partial charge in [-0.2, -0.15) is 19.9 Å². The fourth-order valence-electron chi connectivity index (χ4n) is 13.3. The van der Waals surface area contributed by atoms with Crippen LogP contribution in [0.4, 0.5) is 23.7 Å². The van der Waals surface area contributed by atoms with Gasteiger partial charge in [0.25, 0.3) is 16.7 Å². The molecular formula is C71H118N18O21P2S. The number of aromatic amines is 3. The van der Waals surface area contributed by atoms with Crippen LogP contribution in [0.2, 0.25) is 0 Å². The van der Waals surface area contributed by atoms with Gasteiger partial charge in [0.2, 0.25) is 17.8 Å². The number of aliphatic hydroxyl groups is 4. The minimum absolute atomic E-state index is 0.0108. The van der Waals surface area contributed by atoms with Crippen molar-refractivity contribution < 1.29 is 81.3 Å². The fourth-order valence-corrected chi connectivity index (χ4v) is 16.9. The molecule has 0 aromatic carbocycles. The number of H-pyrrole nitrogens is 3. The van der Waals surface area contributed by atoms with Crippen LogP contribution in [0.15, 0.2) is 50.4 Å². The van der Waals surface area contributed by atoms with E-state index in [2.05, 4.69) is 91.4 Å². The molecule has 0 aliphatic carbocycles. The Morgan fingerprint density at radius 3 is 1.00 bits per heavy atom. The monoisotopic (exact) mass is 1650 g/mol. The second kappa shape index (κ2) is 33.8. The normalized spacial score (nSPS) is 27.2. The molecule has 7 aromatic heterocycles. The first-order chi connectivity index (χ1) is 51.4. The Kier molecular flexibility index (Phi) is 27.5. The van der Waals surface area contributed by atoms with Gasteiger partial charge in [0.05, 0.1) is 65.8 Å². The molecule has 4 saturated heterocycles. The minimum Gasteiger partial charge on any atom is -0.386 e. The lowest BCUT2D eigenvalue weighted by Gasteiger charge is -2.32. The average molecular weight is 1650 g/mol. The zero-order chi connectivity index (χ0) is 85.1. The summed E-state index contributed by atoms with van der Waals surface area (Å²) in [6.45, 7) is 42.6. The molecule has 7 aromatic rings. The largest absolute Gasteiger partial charge is 0.473 e. The van der Waals surface area contributed by atoms with Crippen LogP contribution >= 0.6 is 14.5 Å². The van der Waals surface area contributed by atoms with Crippen LogP contribution in [0, 0.1) is 21.7 Å². The number of hydrogen-bond donors (Lipinski definition) is 13. The summed E-state index contributed by atoms with van der Waals surface area (Å²) in [5, 5.41) is 43.9. The maximum absolute atomic E-state index is 12.6. The number of fused-ring (bicyclic) bond motifs is 3. The van der Waals surface area contributed by atoms with E-state index in [1.165, 1.54) is 44.9 Å². The highest BCUT2D eigenvalue weighted by atomic mass is 32.5. The van der Waals surface area contributed by atoms with Crippen molar-refractivity contribution in [1.29, 1.82) is 0 Å². The smallest absolute Gasteiger partial charge is 0.386 e. The van der Waals surface area contributed by atoms with Gasteiger partial charge in [-0.15, -0.1) is 0 Å².